The predicted octanol–water partition coefficient (Wildman–Crippen LogP) is -1.71. The van der Waals surface area contributed by atoms with Crippen LogP contribution in [0, 0.1) is 0 Å². The zero-order chi connectivity index (χ0) is 14.2. The van der Waals surface area contributed by atoms with E-state index >= 15 is 0 Å². The molecule has 0 bridgehead atoms. The van der Waals surface area contributed by atoms with Gasteiger partial charge in [-0.3, -0.25) is 19.1 Å². The Morgan fingerprint density at radius 1 is 1.63 bits per heavy atom. The fraction of sp³-hybridized carbons (Fsp3) is 0.500. The number of nitrogens with one attached hydrogen (secondary N) is 1. The molecule has 19 heavy (non-hydrogen) atoms. The van der Waals surface area contributed by atoms with Gasteiger partial charge in [-0.15, -0.1) is 0 Å². The Kier molecular flexibility index (Phi) is 3.35. The van der Waals surface area contributed by atoms with E-state index in [1.54, 1.807) is 0 Å². The molecule has 104 valence electrons. The number of aromatic nitrogens is 2. The lowest BCUT2D eigenvalue weighted by Gasteiger charge is -2.20. The summed E-state index contributed by atoms with van der Waals surface area (Å²) in [6.45, 7) is -1.08. The van der Waals surface area contributed by atoms with Gasteiger partial charge in [0.2, 0.25) is 0 Å². The smallest absolute Gasteiger partial charge is 0.330 e. The number of halogens is 1. The maximum absolute atomic E-state index is 13.8. The number of carbonyl (C=O) groups excluding carboxylic acids is 1. The number of carbonyl (C=O) groups is 1. The molecule has 0 radical (unpaired) electrons. The van der Waals surface area contributed by atoms with Gasteiger partial charge < -0.3 is 14.9 Å². The number of aliphatic hydroxyl groups excluding tert-OH is 2. The van der Waals surface area contributed by atoms with E-state index in [2.05, 4.69) is 0 Å². The van der Waals surface area contributed by atoms with Gasteiger partial charge in [-0.25, -0.2) is 9.18 Å². The second kappa shape index (κ2) is 4.68. The first-order valence-corrected chi connectivity index (χ1v) is 5.37. The number of aldehydes is 1. The molecule has 0 saturated carbocycles. The lowest BCUT2D eigenvalue weighted by molar-refractivity contribution is -0.207. The minimum absolute atomic E-state index is 0.231. The van der Waals surface area contributed by atoms with Crippen LogP contribution in [-0.2, 0) is 4.74 Å². The zero-order valence-electron chi connectivity index (χ0n) is 9.58. The van der Waals surface area contributed by atoms with Gasteiger partial charge in [-0.1, -0.05) is 0 Å². The molecule has 3 N–H and O–H groups in total. The molecule has 1 aliphatic heterocycles. The lowest BCUT2D eigenvalue weighted by atomic mass is 10.1. The monoisotopic (exact) mass is 274 g/mol. The highest BCUT2D eigenvalue weighted by molar-refractivity contribution is 5.73. The summed E-state index contributed by atoms with van der Waals surface area (Å²) in [5, 5.41) is 18.2. The molecule has 8 nitrogen and oxygen atoms in total. The van der Waals surface area contributed by atoms with E-state index in [9.17, 15) is 23.9 Å². The molecule has 1 aromatic rings. The van der Waals surface area contributed by atoms with Crippen molar-refractivity contribution in [2.45, 2.75) is 24.6 Å². The Labute approximate surface area is 105 Å². The number of alkyl halides is 1. The van der Waals surface area contributed by atoms with E-state index in [1.165, 1.54) is 0 Å². The number of aromatic amines is 1. The van der Waals surface area contributed by atoms with Crippen molar-refractivity contribution in [2.24, 2.45) is 0 Å². The summed E-state index contributed by atoms with van der Waals surface area (Å²) >= 11 is 0. The maximum Gasteiger partial charge on any atom is 0.330 e. The summed E-state index contributed by atoms with van der Waals surface area (Å²) < 4.78 is 19.3. The molecule has 2 heterocycles. The quantitative estimate of drug-likeness (QED) is 0.564. The zero-order valence-corrected chi connectivity index (χ0v) is 9.58. The number of hydrogen-bond acceptors (Lipinski definition) is 6. The number of aliphatic hydroxyl groups is 2. The summed E-state index contributed by atoms with van der Waals surface area (Å²) in [5.74, 6) is -2.68. The van der Waals surface area contributed by atoms with Gasteiger partial charge in [-0.05, 0) is 0 Å². The molecule has 1 saturated heterocycles. The Morgan fingerprint density at radius 3 is 2.84 bits per heavy atom. The Bertz CT molecular complexity index is 611. The molecule has 1 aromatic heterocycles. The van der Waals surface area contributed by atoms with E-state index in [4.69, 9.17) is 9.84 Å². The molecule has 1 aliphatic rings. The van der Waals surface area contributed by atoms with Crippen molar-refractivity contribution in [1.82, 2.24) is 9.55 Å². The third-order valence-electron chi connectivity index (χ3n) is 2.90. The molecule has 1 fully saturated rings. The van der Waals surface area contributed by atoms with E-state index in [0.29, 0.717) is 0 Å². The summed E-state index contributed by atoms with van der Waals surface area (Å²) in [5.41, 5.74) is -2.11. The highest BCUT2D eigenvalue weighted by Gasteiger charge is 2.49. The number of ether oxygens (including phenoxy) is 1. The molecule has 9 heteroatoms. The number of rotatable bonds is 3. The van der Waals surface area contributed by atoms with Gasteiger partial charge in [0.25, 0.3) is 11.4 Å². The van der Waals surface area contributed by atoms with Crippen molar-refractivity contribution >= 4 is 6.29 Å². The lowest BCUT2D eigenvalue weighted by Crippen LogP contribution is -2.38. The Morgan fingerprint density at radius 2 is 2.32 bits per heavy atom. The Balaban J connectivity index is 2.42. The van der Waals surface area contributed by atoms with Crippen molar-refractivity contribution in [3.8, 4) is 0 Å². The van der Waals surface area contributed by atoms with Crippen molar-refractivity contribution in [3.63, 3.8) is 0 Å². The predicted molar refractivity (Wildman–Crippen MR) is 58.4 cm³/mol. The van der Waals surface area contributed by atoms with Crippen molar-refractivity contribution in [2.75, 3.05) is 6.61 Å². The highest BCUT2D eigenvalue weighted by atomic mass is 19.2. The second-order valence-electron chi connectivity index (χ2n) is 4.14. The topological polar surface area (TPSA) is 122 Å². The van der Waals surface area contributed by atoms with Crippen LogP contribution in [0.1, 0.15) is 23.0 Å². The number of nitrogens with zero attached hydrogens (tertiary/aromatic N) is 1. The number of hydrogen-bond donors (Lipinski definition) is 3. The normalized spacial score (nSPS) is 30.5. The highest BCUT2D eigenvalue weighted by Crippen LogP contribution is 2.36. The van der Waals surface area contributed by atoms with Gasteiger partial charge >= 0.3 is 5.69 Å². The summed E-state index contributed by atoms with van der Waals surface area (Å²) in [7, 11) is 0. The molecule has 0 amide bonds. The van der Waals surface area contributed by atoms with Gasteiger partial charge in [0, 0.05) is 12.6 Å². The van der Waals surface area contributed by atoms with Gasteiger partial charge in [0.05, 0.1) is 5.56 Å². The van der Waals surface area contributed by atoms with Crippen LogP contribution in [0.4, 0.5) is 4.39 Å². The molecular formula is C10H11FN2O6. The van der Waals surface area contributed by atoms with Crippen LogP contribution in [0.25, 0.3) is 0 Å². The fourth-order valence-electron chi connectivity index (χ4n) is 1.83. The third kappa shape index (κ3) is 2.23. The minimum atomic E-state index is -2.68. The van der Waals surface area contributed by atoms with E-state index in [0.717, 1.165) is 10.8 Å². The standard InChI is InChI=1S/C10H11FN2O6/c11-10(4-15)6(16)1-7(19-10)13-2-5(3-14)8(17)12-9(13)18/h2-3,6-7,15-16H,1,4H2,(H,12,17,18)/t6-,7+,10+/m0/s1. The van der Waals surface area contributed by atoms with Crippen LogP contribution in [0.2, 0.25) is 0 Å². The second-order valence-corrected chi connectivity index (χ2v) is 4.14. The molecule has 2 rings (SSSR count). The van der Waals surface area contributed by atoms with Crippen molar-refractivity contribution in [3.05, 3.63) is 32.6 Å². The van der Waals surface area contributed by atoms with Crippen LogP contribution in [0.3, 0.4) is 0 Å². The fourth-order valence-corrected chi connectivity index (χ4v) is 1.83. The van der Waals surface area contributed by atoms with Crippen LogP contribution >= 0.6 is 0 Å². The molecule has 0 aromatic carbocycles. The van der Waals surface area contributed by atoms with E-state index < -0.39 is 36.0 Å². The first-order chi connectivity index (χ1) is 8.91. The van der Waals surface area contributed by atoms with Crippen LogP contribution in [-0.4, -0.2) is 44.6 Å². The Hall–Kier alpha value is -1.84. The van der Waals surface area contributed by atoms with Crippen LogP contribution in [0.15, 0.2) is 15.8 Å². The molecular weight excluding hydrogens is 263 g/mol. The third-order valence-corrected chi connectivity index (χ3v) is 2.90. The molecule has 0 spiro atoms. The van der Waals surface area contributed by atoms with Crippen LogP contribution < -0.4 is 11.2 Å². The van der Waals surface area contributed by atoms with Crippen molar-refractivity contribution < 1.29 is 24.1 Å². The van der Waals surface area contributed by atoms with E-state index in [1.807, 2.05) is 4.98 Å². The SMILES string of the molecule is O=Cc1cn([C@H]2C[C@H](O)[C@@](F)(CO)O2)c(=O)[nH]c1=O. The summed E-state index contributed by atoms with van der Waals surface area (Å²) in [6, 6.07) is 0. The van der Waals surface area contributed by atoms with Crippen molar-refractivity contribution in [1.29, 1.82) is 0 Å². The average molecular weight is 274 g/mol. The first kappa shape index (κ1) is 13.6. The van der Waals surface area contributed by atoms with Gasteiger partial charge in [-0.2, -0.15) is 0 Å². The molecule has 3 atom stereocenters. The molecule has 0 aliphatic carbocycles. The first-order valence-electron chi connectivity index (χ1n) is 5.37. The largest absolute Gasteiger partial charge is 0.390 e. The van der Waals surface area contributed by atoms with Gasteiger partial charge in [0.1, 0.15) is 18.9 Å². The summed E-state index contributed by atoms with van der Waals surface area (Å²) in [4.78, 5) is 35.2. The number of H-pyrrole nitrogens is 1. The van der Waals surface area contributed by atoms with E-state index in [-0.39, 0.29) is 18.3 Å². The van der Waals surface area contributed by atoms with Crippen LogP contribution in [0.5, 0.6) is 0 Å². The maximum atomic E-state index is 13.8. The summed E-state index contributed by atoms with van der Waals surface area (Å²) in [6.07, 6.45) is -2.01. The minimum Gasteiger partial charge on any atom is -0.390 e. The molecule has 0 unspecified atom stereocenters. The average Bonchev–Trinajstić information content (AvgIpc) is 2.66. The van der Waals surface area contributed by atoms with Gasteiger partial charge in [0.15, 0.2) is 6.29 Å².